The van der Waals surface area contributed by atoms with Crippen LogP contribution in [0.25, 0.3) is 11.3 Å². The molecule has 0 saturated carbocycles. The van der Waals surface area contributed by atoms with Crippen LogP contribution >= 0.6 is 0 Å². The summed E-state index contributed by atoms with van der Waals surface area (Å²) in [5, 5.41) is 22.4. The molecule has 31 heavy (non-hydrogen) atoms. The summed E-state index contributed by atoms with van der Waals surface area (Å²) in [6, 6.07) is 16.3. The highest BCUT2D eigenvalue weighted by atomic mass is 19.4. The number of hydrogen-bond acceptors (Lipinski definition) is 5. The highest BCUT2D eigenvalue weighted by Crippen LogP contribution is 2.35. The second-order valence-electron chi connectivity index (χ2n) is 7.36. The Bertz CT molecular complexity index is 1050. The Balaban J connectivity index is 1.68. The average molecular weight is 429 g/mol. The Hall–Kier alpha value is -2.94. The van der Waals surface area contributed by atoms with E-state index in [1.807, 2.05) is 29.2 Å². The van der Waals surface area contributed by atoms with Crippen LogP contribution in [-0.4, -0.2) is 34.9 Å². The predicted molar refractivity (Wildman–Crippen MR) is 112 cm³/mol. The number of fused-ring (bicyclic) bond motifs is 1. The highest BCUT2D eigenvalue weighted by Gasteiger charge is 2.30. The van der Waals surface area contributed by atoms with Gasteiger partial charge in [-0.3, -0.25) is 0 Å². The number of nitrogens with zero attached hydrogens (tertiary/aromatic N) is 2. The number of benzene rings is 2. The van der Waals surface area contributed by atoms with Crippen molar-refractivity contribution in [3.63, 3.8) is 0 Å². The van der Waals surface area contributed by atoms with E-state index in [9.17, 15) is 23.4 Å². The van der Waals surface area contributed by atoms with Gasteiger partial charge in [0.2, 0.25) is 0 Å². The summed E-state index contributed by atoms with van der Waals surface area (Å²) in [6.07, 6.45) is -5.41. The van der Waals surface area contributed by atoms with Crippen molar-refractivity contribution in [1.82, 2.24) is 10.3 Å². The molecule has 1 aliphatic rings. The average Bonchev–Trinajstić information content (AvgIpc) is 3.00. The van der Waals surface area contributed by atoms with E-state index in [0.717, 1.165) is 28.9 Å². The van der Waals surface area contributed by atoms with Gasteiger partial charge in [-0.1, -0.05) is 12.1 Å². The predicted octanol–water partition coefficient (Wildman–Crippen LogP) is 4.03. The SMILES string of the molecule is OC[C@@H](O)c1cccc(-c2ccc3c(c2)CNCCN3c2ccc(C(F)(F)F)cc2)n1. The number of nitrogens with one attached hydrogen (secondary N) is 1. The summed E-state index contributed by atoms with van der Waals surface area (Å²) in [5.41, 5.74) is 3.83. The number of alkyl halides is 3. The summed E-state index contributed by atoms with van der Waals surface area (Å²) in [6.45, 7) is 1.50. The Morgan fingerprint density at radius 3 is 2.55 bits per heavy atom. The fourth-order valence-electron chi connectivity index (χ4n) is 3.67. The minimum absolute atomic E-state index is 0.388. The maximum Gasteiger partial charge on any atom is 0.416 e. The Kier molecular flexibility index (Phi) is 5.95. The molecular formula is C23H22F3N3O2. The van der Waals surface area contributed by atoms with E-state index < -0.39 is 24.5 Å². The number of aliphatic hydroxyl groups excluding tert-OH is 2. The summed E-state index contributed by atoms with van der Waals surface area (Å²) < 4.78 is 38.7. The lowest BCUT2D eigenvalue weighted by atomic mass is 10.0. The van der Waals surface area contributed by atoms with Crippen molar-refractivity contribution in [3.8, 4) is 11.3 Å². The largest absolute Gasteiger partial charge is 0.416 e. The van der Waals surface area contributed by atoms with Crippen LogP contribution < -0.4 is 10.2 Å². The van der Waals surface area contributed by atoms with Crippen molar-refractivity contribution >= 4 is 11.4 Å². The Labute approximate surface area is 177 Å². The molecule has 0 spiro atoms. The zero-order chi connectivity index (χ0) is 22.0. The third-order valence-corrected chi connectivity index (χ3v) is 5.28. The molecule has 1 aromatic heterocycles. The fraction of sp³-hybridized carbons (Fsp3) is 0.261. The van der Waals surface area contributed by atoms with Gasteiger partial charge in [0.05, 0.1) is 23.6 Å². The maximum absolute atomic E-state index is 12.9. The van der Waals surface area contributed by atoms with Gasteiger partial charge in [0.1, 0.15) is 6.10 Å². The standard InChI is InChI=1S/C23H22F3N3O2/c24-23(25,26)17-5-7-18(8-6-17)29-11-10-27-13-16-12-15(4-9-21(16)29)19-2-1-3-20(28-19)22(31)14-30/h1-9,12,22,27,30-31H,10-11,13-14H2/t22-/m1/s1. The highest BCUT2D eigenvalue weighted by molar-refractivity contribution is 5.72. The first-order chi connectivity index (χ1) is 14.9. The number of rotatable bonds is 4. The molecular weight excluding hydrogens is 407 g/mol. The first kappa shape index (κ1) is 21.3. The van der Waals surface area contributed by atoms with E-state index >= 15 is 0 Å². The molecule has 0 unspecified atom stereocenters. The molecule has 2 heterocycles. The lowest BCUT2D eigenvalue weighted by molar-refractivity contribution is -0.137. The molecule has 5 nitrogen and oxygen atoms in total. The normalized spacial score (nSPS) is 15.3. The van der Waals surface area contributed by atoms with Crippen LogP contribution in [-0.2, 0) is 12.7 Å². The van der Waals surface area contributed by atoms with Crippen LogP contribution in [0.2, 0.25) is 0 Å². The summed E-state index contributed by atoms with van der Waals surface area (Å²) in [5.74, 6) is 0. The smallest absolute Gasteiger partial charge is 0.393 e. The van der Waals surface area contributed by atoms with Gasteiger partial charge in [-0.05, 0) is 54.1 Å². The van der Waals surface area contributed by atoms with Crippen LogP contribution in [0.1, 0.15) is 22.9 Å². The van der Waals surface area contributed by atoms with E-state index in [-0.39, 0.29) is 0 Å². The second kappa shape index (κ2) is 8.66. The van der Waals surface area contributed by atoms with E-state index in [2.05, 4.69) is 10.3 Å². The van der Waals surface area contributed by atoms with Gasteiger partial charge in [-0.15, -0.1) is 0 Å². The van der Waals surface area contributed by atoms with Crippen LogP contribution in [0.5, 0.6) is 0 Å². The molecule has 3 aromatic rings. The molecule has 0 fully saturated rings. The van der Waals surface area contributed by atoms with Crippen LogP contribution in [0, 0.1) is 0 Å². The minimum Gasteiger partial charge on any atom is -0.393 e. The second-order valence-corrected chi connectivity index (χ2v) is 7.36. The number of hydrogen-bond donors (Lipinski definition) is 3. The molecule has 0 radical (unpaired) electrons. The first-order valence-corrected chi connectivity index (χ1v) is 9.91. The molecule has 0 bridgehead atoms. The number of pyridine rings is 1. The monoisotopic (exact) mass is 429 g/mol. The summed E-state index contributed by atoms with van der Waals surface area (Å²) in [4.78, 5) is 6.44. The van der Waals surface area contributed by atoms with E-state index in [1.54, 1.807) is 12.1 Å². The third kappa shape index (κ3) is 4.56. The van der Waals surface area contributed by atoms with Crippen molar-refractivity contribution in [2.75, 3.05) is 24.6 Å². The summed E-state index contributed by atoms with van der Waals surface area (Å²) >= 11 is 0. The first-order valence-electron chi connectivity index (χ1n) is 9.91. The van der Waals surface area contributed by atoms with Gasteiger partial charge < -0.3 is 20.4 Å². The van der Waals surface area contributed by atoms with Gasteiger partial charge in [-0.2, -0.15) is 13.2 Å². The minimum atomic E-state index is -4.36. The van der Waals surface area contributed by atoms with Crippen molar-refractivity contribution < 1.29 is 23.4 Å². The summed E-state index contributed by atoms with van der Waals surface area (Å²) in [7, 11) is 0. The topological polar surface area (TPSA) is 68.6 Å². The van der Waals surface area contributed by atoms with E-state index in [0.29, 0.717) is 36.7 Å². The van der Waals surface area contributed by atoms with Gasteiger partial charge in [0, 0.05) is 36.6 Å². The molecule has 0 aliphatic carbocycles. The van der Waals surface area contributed by atoms with Gasteiger partial charge >= 0.3 is 6.18 Å². The molecule has 0 amide bonds. The van der Waals surface area contributed by atoms with Crippen molar-refractivity contribution in [2.45, 2.75) is 18.8 Å². The van der Waals surface area contributed by atoms with Gasteiger partial charge in [-0.25, -0.2) is 4.98 Å². The lowest BCUT2D eigenvalue weighted by Crippen LogP contribution is -2.24. The molecule has 3 N–H and O–H groups in total. The number of halogens is 3. The van der Waals surface area contributed by atoms with Gasteiger partial charge in [0.15, 0.2) is 0 Å². The molecule has 4 rings (SSSR count). The zero-order valence-electron chi connectivity index (χ0n) is 16.6. The van der Waals surface area contributed by atoms with Crippen molar-refractivity contribution in [3.05, 3.63) is 77.5 Å². The third-order valence-electron chi connectivity index (χ3n) is 5.28. The molecule has 8 heteroatoms. The van der Waals surface area contributed by atoms with Crippen molar-refractivity contribution in [1.29, 1.82) is 0 Å². The Morgan fingerprint density at radius 2 is 1.84 bits per heavy atom. The quantitative estimate of drug-likeness (QED) is 0.584. The number of anilines is 2. The van der Waals surface area contributed by atoms with E-state index in [4.69, 9.17) is 0 Å². The molecule has 1 aliphatic heterocycles. The molecule has 1 atom stereocenters. The number of aliphatic hydroxyl groups is 2. The fourth-order valence-corrected chi connectivity index (χ4v) is 3.67. The van der Waals surface area contributed by atoms with E-state index in [1.165, 1.54) is 12.1 Å². The van der Waals surface area contributed by atoms with Gasteiger partial charge in [0.25, 0.3) is 0 Å². The van der Waals surface area contributed by atoms with Crippen LogP contribution in [0.15, 0.2) is 60.7 Å². The zero-order valence-corrected chi connectivity index (χ0v) is 16.6. The molecule has 2 aromatic carbocycles. The maximum atomic E-state index is 12.9. The van der Waals surface area contributed by atoms with Crippen molar-refractivity contribution in [2.24, 2.45) is 0 Å². The molecule has 0 saturated heterocycles. The lowest BCUT2D eigenvalue weighted by Gasteiger charge is -2.25. The Morgan fingerprint density at radius 1 is 1.06 bits per heavy atom. The van der Waals surface area contributed by atoms with Crippen LogP contribution in [0.4, 0.5) is 24.5 Å². The number of aromatic nitrogens is 1. The van der Waals surface area contributed by atoms with Crippen LogP contribution in [0.3, 0.4) is 0 Å². The molecule has 162 valence electrons.